The zero-order valence-corrected chi connectivity index (χ0v) is 24.2. The van der Waals surface area contributed by atoms with E-state index in [4.69, 9.17) is 4.52 Å². The van der Waals surface area contributed by atoms with Crippen LogP contribution in [0.5, 0.6) is 0 Å². The summed E-state index contributed by atoms with van der Waals surface area (Å²) in [7, 11) is 2.30. The van der Waals surface area contributed by atoms with Crippen LogP contribution in [0.3, 0.4) is 0 Å². The highest BCUT2D eigenvalue weighted by molar-refractivity contribution is 7.53. The number of unbranched alkanes of at least 4 members (excludes halogenated alkanes) is 16. The van der Waals surface area contributed by atoms with Gasteiger partial charge in [0.1, 0.15) is 0 Å². The van der Waals surface area contributed by atoms with Crippen molar-refractivity contribution >= 4 is 7.60 Å². The lowest BCUT2D eigenvalue weighted by Crippen LogP contribution is -2.44. The molecule has 0 spiro atoms. The number of allylic oxidation sites excluding steroid dienone is 3. The monoisotopic (exact) mass is 500 g/mol. The summed E-state index contributed by atoms with van der Waals surface area (Å²) in [6.07, 6.45) is 30.4. The predicted octanol–water partition coefficient (Wildman–Crippen LogP) is 9.39. The zero-order chi connectivity index (χ0) is 25.5. The summed E-state index contributed by atoms with van der Waals surface area (Å²) in [5, 5.41) is 0. The van der Waals surface area contributed by atoms with Gasteiger partial charge in [0.2, 0.25) is 0 Å². The normalized spacial score (nSPS) is 15.0. The Bertz CT molecular complexity index is 542. The molecule has 0 aliphatic heterocycles. The summed E-state index contributed by atoms with van der Waals surface area (Å²) in [6.45, 7) is 6.12. The summed E-state index contributed by atoms with van der Waals surface area (Å²) < 4.78 is 18.4. The van der Waals surface area contributed by atoms with Crippen molar-refractivity contribution in [3.8, 4) is 0 Å². The van der Waals surface area contributed by atoms with Crippen molar-refractivity contribution in [2.75, 3.05) is 27.7 Å². The highest BCUT2D eigenvalue weighted by atomic mass is 31.2. The Morgan fingerprint density at radius 3 is 1.50 bits per heavy atom. The van der Waals surface area contributed by atoms with Crippen LogP contribution in [0.25, 0.3) is 0 Å². The maximum Gasteiger partial charge on any atom is 0.385 e. The fraction of sp³-hybridized carbons (Fsp3) is 0.862. The molecule has 0 amide bonds. The third-order valence-electron chi connectivity index (χ3n) is 6.62. The average molecular weight is 501 g/mol. The van der Waals surface area contributed by atoms with Crippen LogP contribution in [-0.4, -0.2) is 42.9 Å². The fourth-order valence-electron chi connectivity index (χ4n) is 4.59. The third-order valence-corrected chi connectivity index (χ3v) is 8.99. The van der Waals surface area contributed by atoms with Crippen molar-refractivity contribution in [3.05, 3.63) is 24.8 Å². The smallest absolute Gasteiger partial charge is 0.320 e. The SMILES string of the molecule is C=CCCCCCCCCC/C=C\CCCCCCCCCCOP(=O)(O)C(CC)[N+](C)(C)C. The lowest BCUT2D eigenvalue weighted by Gasteiger charge is -2.35. The van der Waals surface area contributed by atoms with Gasteiger partial charge in [-0.05, 0) is 44.9 Å². The van der Waals surface area contributed by atoms with Crippen LogP contribution in [0.15, 0.2) is 24.8 Å². The summed E-state index contributed by atoms with van der Waals surface area (Å²) in [6, 6.07) is 0. The Morgan fingerprint density at radius 2 is 1.12 bits per heavy atom. The molecule has 1 N–H and O–H groups in total. The largest absolute Gasteiger partial charge is 0.385 e. The number of hydrogen-bond acceptors (Lipinski definition) is 2. The van der Waals surface area contributed by atoms with Crippen LogP contribution in [0.2, 0.25) is 0 Å². The van der Waals surface area contributed by atoms with Gasteiger partial charge in [0.15, 0.2) is 5.78 Å². The molecule has 2 atom stereocenters. The molecule has 0 bridgehead atoms. The Hall–Kier alpha value is -0.410. The molecule has 0 saturated carbocycles. The van der Waals surface area contributed by atoms with E-state index in [-0.39, 0.29) is 5.78 Å². The minimum absolute atomic E-state index is 0.352. The minimum Gasteiger partial charge on any atom is -0.320 e. The van der Waals surface area contributed by atoms with Crippen LogP contribution in [0, 0.1) is 0 Å². The topological polar surface area (TPSA) is 46.5 Å². The molecule has 202 valence electrons. The van der Waals surface area contributed by atoms with E-state index in [1.165, 1.54) is 103 Å². The number of hydrogen-bond donors (Lipinski definition) is 1. The minimum atomic E-state index is -3.56. The van der Waals surface area contributed by atoms with Crippen LogP contribution >= 0.6 is 7.60 Å². The van der Waals surface area contributed by atoms with Crippen LogP contribution in [0.1, 0.15) is 129 Å². The predicted molar refractivity (Wildman–Crippen MR) is 150 cm³/mol. The van der Waals surface area contributed by atoms with E-state index < -0.39 is 7.60 Å². The van der Waals surface area contributed by atoms with E-state index in [1.807, 2.05) is 34.1 Å². The van der Waals surface area contributed by atoms with Crippen LogP contribution < -0.4 is 0 Å². The first-order valence-electron chi connectivity index (χ1n) is 14.3. The molecular formula is C29H59NO3P+. The van der Waals surface area contributed by atoms with E-state index in [0.29, 0.717) is 17.5 Å². The summed E-state index contributed by atoms with van der Waals surface area (Å²) in [5.41, 5.74) is 0. The van der Waals surface area contributed by atoms with Crippen molar-refractivity contribution < 1.29 is 18.5 Å². The van der Waals surface area contributed by atoms with Gasteiger partial charge in [0, 0.05) is 6.42 Å². The van der Waals surface area contributed by atoms with Gasteiger partial charge in [-0.2, -0.15) is 0 Å². The van der Waals surface area contributed by atoms with E-state index in [9.17, 15) is 9.46 Å². The molecule has 0 aromatic rings. The zero-order valence-electron chi connectivity index (χ0n) is 23.3. The summed E-state index contributed by atoms with van der Waals surface area (Å²) in [4.78, 5) is 10.3. The van der Waals surface area contributed by atoms with E-state index >= 15 is 0 Å². The Labute approximate surface area is 213 Å². The number of quaternary nitrogens is 1. The maximum atomic E-state index is 12.5. The highest BCUT2D eigenvalue weighted by Gasteiger charge is 2.41. The van der Waals surface area contributed by atoms with Crippen LogP contribution in [0.4, 0.5) is 0 Å². The van der Waals surface area contributed by atoms with Crippen molar-refractivity contribution in [3.63, 3.8) is 0 Å². The molecule has 5 heteroatoms. The first-order chi connectivity index (χ1) is 16.3. The average Bonchev–Trinajstić information content (AvgIpc) is 2.76. The van der Waals surface area contributed by atoms with Crippen molar-refractivity contribution in [2.24, 2.45) is 0 Å². The van der Waals surface area contributed by atoms with Gasteiger partial charge in [-0.25, -0.2) is 0 Å². The van der Waals surface area contributed by atoms with Gasteiger partial charge in [0.05, 0.1) is 27.7 Å². The molecule has 34 heavy (non-hydrogen) atoms. The molecule has 0 aliphatic rings. The molecule has 0 aliphatic carbocycles. The molecular weight excluding hydrogens is 441 g/mol. The highest BCUT2D eigenvalue weighted by Crippen LogP contribution is 2.51. The molecule has 0 aromatic carbocycles. The Balaban J connectivity index is 3.42. The van der Waals surface area contributed by atoms with E-state index in [1.54, 1.807) is 0 Å². The van der Waals surface area contributed by atoms with Crippen molar-refractivity contribution in [1.29, 1.82) is 0 Å². The quantitative estimate of drug-likeness (QED) is 0.0587. The second-order valence-electron chi connectivity index (χ2n) is 10.8. The van der Waals surface area contributed by atoms with Gasteiger partial charge in [-0.1, -0.05) is 95.8 Å². The molecule has 0 saturated heterocycles. The second-order valence-corrected chi connectivity index (χ2v) is 12.8. The van der Waals surface area contributed by atoms with E-state index in [2.05, 4.69) is 18.7 Å². The van der Waals surface area contributed by atoms with Gasteiger partial charge >= 0.3 is 7.60 Å². The van der Waals surface area contributed by atoms with Crippen molar-refractivity contribution in [1.82, 2.24) is 0 Å². The summed E-state index contributed by atoms with van der Waals surface area (Å²) >= 11 is 0. The molecule has 0 radical (unpaired) electrons. The molecule has 2 unspecified atom stereocenters. The van der Waals surface area contributed by atoms with Crippen LogP contribution in [-0.2, 0) is 9.09 Å². The molecule has 0 rings (SSSR count). The number of nitrogens with zero attached hydrogens (tertiary/aromatic N) is 1. The lowest BCUT2D eigenvalue weighted by molar-refractivity contribution is -0.883. The molecule has 0 fully saturated rings. The molecule has 0 heterocycles. The Kier molecular flexibility index (Phi) is 21.6. The first-order valence-corrected chi connectivity index (χ1v) is 15.9. The maximum absolute atomic E-state index is 12.5. The van der Waals surface area contributed by atoms with Gasteiger partial charge in [0.25, 0.3) is 0 Å². The lowest BCUT2D eigenvalue weighted by atomic mass is 10.1. The number of rotatable bonds is 25. The Morgan fingerprint density at radius 1 is 0.735 bits per heavy atom. The second kappa shape index (κ2) is 21.8. The van der Waals surface area contributed by atoms with Gasteiger partial charge in [-0.3, -0.25) is 4.57 Å². The van der Waals surface area contributed by atoms with E-state index in [0.717, 1.165) is 12.8 Å². The first kappa shape index (κ1) is 33.6. The summed E-state index contributed by atoms with van der Waals surface area (Å²) in [5.74, 6) is -0.352. The molecule has 4 nitrogen and oxygen atoms in total. The molecule has 0 aromatic heterocycles. The van der Waals surface area contributed by atoms with Gasteiger partial charge in [-0.15, -0.1) is 6.58 Å². The fourth-order valence-corrected chi connectivity index (χ4v) is 6.49. The van der Waals surface area contributed by atoms with Gasteiger partial charge < -0.3 is 13.9 Å². The third kappa shape index (κ3) is 19.8. The standard InChI is InChI=1S/C29H58NO3P/c1-6-8-9-10-11-12-13-14-15-16-17-18-19-20-21-22-23-24-25-26-27-28-33-34(31,32)29(7-2)30(3,4)5/h6,17-18,29H,1,7-16,19-28H2,2-5H3/p+1/b18-17-. The van der Waals surface area contributed by atoms with Crippen molar-refractivity contribution in [2.45, 2.75) is 135 Å².